The molecule has 1 aromatic heterocycles. The van der Waals surface area contributed by atoms with E-state index in [0.29, 0.717) is 23.4 Å². The Kier molecular flexibility index (Phi) is 5.91. The summed E-state index contributed by atoms with van der Waals surface area (Å²) < 4.78 is 7.09. The predicted molar refractivity (Wildman–Crippen MR) is 96.0 cm³/mol. The molecule has 1 atom stereocenters. The first kappa shape index (κ1) is 17.7. The molecule has 7 nitrogen and oxygen atoms in total. The fourth-order valence-corrected chi connectivity index (χ4v) is 3.71. The Bertz CT molecular complexity index is 703. The van der Waals surface area contributed by atoms with Crippen LogP contribution in [0.5, 0.6) is 5.75 Å². The smallest absolute Gasteiger partial charge is 0.233 e. The first-order valence-corrected chi connectivity index (χ1v) is 9.58. The van der Waals surface area contributed by atoms with Gasteiger partial charge < -0.3 is 9.64 Å². The minimum Gasteiger partial charge on any atom is -0.494 e. The number of amides is 1. The summed E-state index contributed by atoms with van der Waals surface area (Å²) in [6, 6.07) is 7.57. The first-order valence-electron chi connectivity index (χ1n) is 8.59. The van der Waals surface area contributed by atoms with E-state index in [-0.39, 0.29) is 5.91 Å². The number of aromatic nitrogens is 4. The van der Waals surface area contributed by atoms with Crippen molar-refractivity contribution in [1.29, 1.82) is 0 Å². The molecule has 1 aromatic carbocycles. The molecule has 25 heavy (non-hydrogen) atoms. The Hall–Kier alpha value is -2.09. The van der Waals surface area contributed by atoms with Crippen LogP contribution in [0.4, 0.5) is 0 Å². The zero-order valence-corrected chi connectivity index (χ0v) is 15.4. The van der Waals surface area contributed by atoms with E-state index in [2.05, 4.69) is 22.4 Å². The molecule has 0 aliphatic carbocycles. The van der Waals surface area contributed by atoms with Gasteiger partial charge in [0.1, 0.15) is 5.75 Å². The third-order valence-corrected chi connectivity index (χ3v) is 5.07. The zero-order valence-electron chi connectivity index (χ0n) is 14.6. The van der Waals surface area contributed by atoms with Crippen LogP contribution in [0.1, 0.15) is 26.7 Å². The van der Waals surface area contributed by atoms with Crippen molar-refractivity contribution in [3.05, 3.63) is 24.3 Å². The van der Waals surface area contributed by atoms with Crippen molar-refractivity contribution in [3.8, 4) is 11.4 Å². The summed E-state index contributed by atoms with van der Waals surface area (Å²) in [4.78, 5) is 14.4. The third-order valence-electron chi connectivity index (χ3n) is 4.17. The van der Waals surface area contributed by atoms with E-state index >= 15 is 0 Å². The van der Waals surface area contributed by atoms with E-state index in [1.807, 2.05) is 36.1 Å². The van der Waals surface area contributed by atoms with Gasteiger partial charge >= 0.3 is 0 Å². The maximum absolute atomic E-state index is 12.4. The molecule has 1 fully saturated rings. The number of hydrogen-bond acceptors (Lipinski definition) is 6. The number of benzene rings is 1. The van der Waals surface area contributed by atoms with E-state index in [0.717, 1.165) is 30.9 Å². The molecular weight excluding hydrogens is 338 g/mol. The van der Waals surface area contributed by atoms with Gasteiger partial charge in [0.15, 0.2) is 0 Å². The minimum absolute atomic E-state index is 0.151. The Morgan fingerprint density at radius 3 is 2.88 bits per heavy atom. The minimum atomic E-state index is 0.151. The number of hydrogen-bond donors (Lipinski definition) is 0. The summed E-state index contributed by atoms with van der Waals surface area (Å²) in [6.45, 7) is 6.47. The monoisotopic (exact) mass is 361 g/mol. The lowest BCUT2D eigenvalue weighted by Crippen LogP contribution is -2.40. The second kappa shape index (κ2) is 8.33. The molecule has 0 radical (unpaired) electrons. The molecule has 1 saturated heterocycles. The molecule has 1 aliphatic heterocycles. The number of thioether (sulfide) groups is 1. The van der Waals surface area contributed by atoms with Gasteiger partial charge in [-0.15, -0.1) is 5.10 Å². The molecule has 2 aromatic rings. The Balaban J connectivity index is 1.62. The molecule has 8 heteroatoms. The van der Waals surface area contributed by atoms with Crippen LogP contribution in [0.15, 0.2) is 29.4 Å². The highest BCUT2D eigenvalue weighted by Crippen LogP contribution is 2.22. The SMILES string of the molecule is CCOc1ccc(-n2nnnc2SCC(=O)N2CCCC(C)C2)cc1. The summed E-state index contributed by atoms with van der Waals surface area (Å²) >= 11 is 1.37. The zero-order chi connectivity index (χ0) is 17.6. The molecule has 0 saturated carbocycles. The van der Waals surface area contributed by atoms with Crippen LogP contribution in [-0.2, 0) is 4.79 Å². The normalized spacial score (nSPS) is 17.5. The third kappa shape index (κ3) is 4.50. The van der Waals surface area contributed by atoms with Crippen LogP contribution in [0, 0.1) is 5.92 Å². The van der Waals surface area contributed by atoms with Gasteiger partial charge in [-0.1, -0.05) is 18.7 Å². The van der Waals surface area contributed by atoms with Gasteiger partial charge in [-0.2, -0.15) is 4.68 Å². The molecule has 1 unspecified atom stereocenters. The molecule has 134 valence electrons. The van der Waals surface area contributed by atoms with Crippen LogP contribution in [0.3, 0.4) is 0 Å². The Labute approximate surface area is 151 Å². The second-order valence-corrected chi connectivity index (χ2v) is 7.12. The van der Waals surface area contributed by atoms with Gasteiger partial charge in [-0.05, 0) is 60.4 Å². The molecule has 3 rings (SSSR count). The van der Waals surface area contributed by atoms with E-state index < -0.39 is 0 Å². The van der Waals surface area contributed by atoms with Gasteiger partial charge in [0.05, 0.1) is 18.0 Å². The predicted octanol–water partition coefficient (Wildman–Crippen LogP) is 2.41. The molecule has 1 aliphatic rings. The lowest BCUT2D eigenvalue weighted by atomic mass is 10.0. The van der Waals surface area contributed by atoms with E-state index in [9.17, 15) is 4.79 Å². The highest BCUT2D eigenvalue weighted by molar-refractivity contribution is 7.99. The average Bonchev–Trinajstić information content (AvgIpc) is 3.09. The lowest BCUT2D eigenvalue weighted by Gasteiger charge is -2.30. The number of likely N-dealkylation sites (tertiary alicyclic amines) is 1. The molecular formula is C17H23N5O2S. The first-order chi connectivity index (χ1) is 12.2. The maximum atomic E-state index is 12.4. The Morgan fingerprint density at radius 2 is 2.16 bits per heavy atom. The van der Waals surface area contributed by atoms with E-state index in [1.54, 1.807) is 4.68 Å². The molecule has 0 spiro atoms. The molecule has 1 amide bonds. The van der Waals surface area contributed by atoms with Gasteiger partial charge in [0.25, 0.3) is 0 Å². The van der Waals surface area contributed by atoms with Gasteiger partial charge in [-0.3, -0.25) is 4.79 Å². The van der Waals surface area contributed by atoms with Crippen molar-refractivity contribution in [3.63, 3.8) is 0 Å². The van der Waals surface area contributed by atoms with Crippen LogP contribution in [0.25, 0.3) is 5.69 Å². The van der Waals surface area contributed by atoms with Crippen molar-refractivity contribution in [2.45, 2.75) is 31.8 Å². The number of carbonyl (C=O) groups is 1. The van der Waals surface area contributed by atoms with E-state index in [1.165, 1.54) is 18.2 Å². The maximum Gasteiger partial charge on any atom is 0.233 e. The van der Waals surface area contributed by atoms with E-state index in [4.69, 9.17) is 4.74 Å². The highest BCUT2D eigenvalue weighted by Gasteiger charge is 2.21. The topological polar surface area (TPSA) is 73.1 Å². The Morgan fingerprint density at radius 1 is 1.36 bits per heavy atom. The number of piperidine rings is 1. The summed E-state index contributed by atoms with van der Waals surface area (Å²) in [5.41, 5.74) is 0.843. The van der Waals surface area contributed by atoms with Crippen molar-refractivity contribution in [1.82, 2.24) is 25.1 Å². The van der Waals surface area contributed by atoms with Crippen LogP contribution < -0.4 is 4.74 Å². The average molecular weight is 361 g/mol. The van der Waals surface area contributed by atoms with Gasteiger partial charge in [0, 0.05) is 13.1 Å². The summed E-state index contributed by atoms with van der Waals surface area (Å²) in [5.74, 6) is 1.89. The van der Waals surface area contributed by atoms with Crippen molar-refractivity contribution < 1.29 is 9.53 Å². The summed E-state index contributed by atoms with van der Waals surface area (Å²) in [7, 11) is 0. The fourth-order valence-electron chi connectivity index (χ4n) is 2.91. The summed E-state index contributed by atoms with van der Waals surface area (Å²) in [6.07, 6.45) is 2.29. The van der Waals surface area contributed by atoms with Crippen LogP contribution in [-0.4, -0.2) is 56.5 Å². The lowest BCUT2D eigenvalue weighted by molar-refractivity contribution is -0.130. The quantitative estimate of drug-likeness (QED) is 0.736. The number of nitrogens with zero attached hydrogens (tertiary/aromatic N) is 5. The molecule has 2 heterocycles. The van der Waals surface area contributed by atoms with Crippen molar-refractivity contribution in [2.24, 2.45) is 5.92 Å². The number of rotatable bonds is 6. The van der Waals surface area contributed by atoms with Crippen molar-refractivity contribution >= 4 is 17.7 Å². The van der Waals surface area contributed by atoms with Crippen molar-refractivity contribution in [2.75, 3.05) is 25.4 Å². The standard InChI is InChI=1S/C17H23N5O2S/c1-3-24-15-8-6-14(7-9-15)22-17(18-19-20-22)25-12-16(23)21-10-4-5-13(2)11-21/h6-9,13H,3-5,10-12H2,1-2H3. The molecule has 0 bridgehead atoms. The number of tetrazole rings is 1. The van der Waals surface area contributed by atoms with Gasteiger partial charge in [-0.25, -0.2) is 0 Å². The van der Waals surface area contributed by atoms with Crippen LogP contribution >= 0.6 is 11.8 Å². The number of ether oxygens (including phenoxy) is 1. The second-order valence-electron chi connectivity index (χ2n) is 6.18. The molecule has 0 N–H and O–H groups in total. The van der Waals surface area contributed by atoms with Crippen LogP contribution in [0.2, 0.25) is 0 Å². The van der Waals surface area contributed by atoms with Gasteiger partial charge in [0.2, 0.25) is 11.1 Å². The summed E-state index contributed by atoms with van der Waals surface area (Å²) in [5, 5.41) is 12.4. The largest absolute Gasteiger partial charge is 0.494 e. The number of carbonyl (C=O) groups excluding carboxylic acids is 1. The highest BCUT2D eigenvalue weighted by atomic mass is 32.2. The fraction of sp³-hybridized carbons (Fsp3) is 0.529.